The summed E-state index contributed by atoms with van der Waals surface area (Å²) in [7, 11) is -0.948. The first kappa shape index (κ1) is 9.03. The smallest absolute Gasteiger partial charge is 0.423 e. The quantitative estimate of drug-likeness (QED) is 0.627. The van der Waals surface area contributed by atoms with Crippen LogP contribution in [-0.4, -0.2) is 17.2 Å². The Morgan fingerprint density at radius 1 is 1.54 bits per heavy atom. The lowest BCUT2D eigenvalue weighted by Crippen LogP contribution is -2.31. The maximum atomic E-state index is 9.43. The minimum absolute atomic E-state index is 0.178. The minimum atomic E-state index is -0.948. The Hall–Kier alpha value is -0.545. The second-order valence-electron chi connectivity index (χ2n) is 2.92. The van der Waals surface area contributed by atoms with Gasteiger partial charge in [-0.15, -0.1) is 0 Å². The lowest BCUT2D eigenvalue weighted by atomic mass is 9.76. The van der Waals surface area contributed by atoms with Crippen LogP contribution < -0.4 is 5.46 Å². The first-order valence-electron chi connectivity index (χ1n) is 3.94. The van der Waals surface area contributed by atoms with Crippen molar-refractivity contribution < 1.29 is 14.8 Å². The number of aliphatic hydroxyl groups is 1. The molecule has 0 atom stereocenters. The van der Waals surface area contributed by atoms with Crippen molar-refractivity contribution in [1.29, 1.82) is 0 Å². The Labute approximate surface area is 81.1 Å². The normalized spacial score (nSPS) is 14.8. The molecule has 0 saturated carbocycles. The fourth-order valence-electron chi connectivity index (χ4n) is 1.53. The summed E-state index contributed by atoms with van der Waals surface area (Å²) in [4.78, 5) is 0. The number of hydrogen-bond acceptors (Lipinski definition) is 3. The minimum Gasteiger partial charge on any atom is -0.423 e. The van der Waals surface area contributed by atoms with Gasteiger partial charge in [0.05, 0.1) is 13.2 Å². The van der Waals surface area contributed by atoms with Crippen LogP contribution in [0.4, 0.5) is 0 Å². The summed E-state index contributed by atoms with van der Waals surface area (Å²) in [6, 6.07) is 3.50. The maximum Gasteiger partial charge on any atom is 0.492 e. The van der Waals surface area contributed by atoms with Gasteiger partial charge in [-0.05, 0) is 22.7 Å². The molecule has 0 radical (unpaired) electrons. The van der Waals surface area contributed by atoms with Crippen LogP contribution in [0.3, 0.4) is 0 Å². The number of halogens is 1. The van der Waals surface area contributed by atoms with E-state index in [0.29, 0.717) is 22.7 Å². The van der Waals surface area contributed by atoms with E-state index in [-0.39, 0.29) is 6.61 Å². The molecule has 2 rings (SSSR count). The molecule has 0 fully saturated rings. The number of rotatable bonds is 1. The van der Waals surface area contributed by atoms with Crippen molar-refractivity contribution in [1.82, 2.24) is 0 Å². The van der Waals surface area contributed by atoms with E-state index in [2.05, 4.69) is 0 Å². The zero-order chi connectivity index (χ0) is 9.42. The van der Waals surface area contributed by atoms with Crippen LogP contribution in [0, 0.1) is 0 Å². The average molecular weight is 198 g/mol. The van der Waals surface area contributed by atoms with Gasteiger partial charge in [-0.2, -0.15) is 0 Å². The molecule has 1 aliphatic heterocycles. The summed E-state index contributed by atoms with van der Waals surface area (Å²) < 4.78 is 5.01. The fourth-order valence-corrected chi connectivity index (χ4v) is 1.76. The predicted molar refractivity (Wildman–Crippen MR) is 49.8 cm³/mol. The van der Waals surface area contributed by atoms with Gasteiger partial charge in [-0.25, -0.2) is 0 Å². The van der Waals surface area contributed by atoms with Crippen LogP contribution in [-0.2, 0) is 17.9 Å². The van der Waals surface area contributed by atoms with Crippen LogP contribution in [0.15, 0.2) is 12.1 Å². The first-order valence-corrected chi connectivity index (χ1v) is 4.32. The molecular weight excluding hydrogens is 190 g/mol. The van der Waals surface area contributed by atoms with Crippen molar-refractivity contribution in [2.75, 3.05) is 0 Å². The molecule has 13 heavy (non-hydrogen) atoms. The summed E-state index contributed by atoms with van der Waals surface area (Å²) >= 11 is 5.85. The van der Waals surface area contributed by atoms with Gasteiger partial charge in [0.15, 0.2) is 0 Å². The summed E-state index contributed by atoms with van der Waals surface area (Å²) in [5, 5.41) is 18.9. The van der Waals surface area contributed by atoms with E-state index in [0.717, 1.165) is 5.56 Å². The van der Waals surface area contributed by atoms with Gasteiger partial charge in [-0.1, -0.05) is 17.7 Å². The summed E-state index contributed by atoms with van der Waals surface area (Å²) in [5.41, 5.74) is 2.07. The van der Waals surface area contributed by atoms with Crippen molar-refractivity contribution in [2.24, 2.45) is 0 Å². The van der Waals surface area contributed by atoms with Gasteiger partial charge in [0.25, 0.3) is 0 Å². The standard InChI is InChI=1S/C8H8BClO3/c10-7-2-1-5-4-13-9(12)8(5)6(7)3-11/h1-2,11-12H,3-4H2. The van der Waals surface area contributed by atoms with Crippen LogP contribution in [0.25, 0.3) is 0 Å². The first-order chi connectivity index (χ1) is 6.24. The molecule has 1 aromatic rings. The molecule has 0 unspecified atom stereocenters. The Balaban J connectivity index is 2.60. The molecule has 0 amide bonds. The molecular formula is C8H8BClO3. The highest BCUT2D eigenvalue weighted by Gasteiger charge is 2.30. The van der Waals surface area contributed by atoms with Crippen molar-refractivity contribution in [3.05, 3.63) is 28.3 Å². The van der Waals surface area contributed by atoms with Gasteiger partial charge in [0.2, 0.25) is 0 Å². The largest absolute Gasteiger partial charge is 0.492 e. The molecule has 0 saturated heterocycles. The molecule has 1 aliphatic rings. The average Bonchev–Trinajstić information content (AvgIpc) is 2.49. The molecule has 1 heterocycles. The lowest BCUT2D eigenvalue weighted by Gasteiger charge is -2.07. The third kappa shape index (κ3) is 1.36. The second-order valence-corrected chi connectivity index (χ2v) is 3.33. The number of aliphatic hydroxyl groups excluding tert-OH is 1. The molecule has 0 bridgehead atoms. The molecule has 1 aromatic carbocycles. The SMILES string of the molecule is OCc1c(Cl)ccc2c1B(O)OC2. The van der Waals surface area contributed by atoms with E-state index in [1.54, 1.807) is 12.1 Å². The summed E-state index contributed by atoms with van der Waals surface area (Å²) in [6.07, 6.45) is 0. The predicted octanol–water partition coefficient (Wildman–Crippen LogP) is 0.0500. The monoisotopic (exact) mass is 198 g/mol. The zero-order valence-corrected chi connectivity index (χ0v) is 7.58. The fraction of sp³-hybridized carbons (Fsp3) is 0.250. The van der Waals surface area contributed by atoms with Crippen LogP contribution in [0.2, 0.25) is 5.02 Å². The highest BCUT2D eigenvalue weighted by Crippen LogP contribution is 2.20. The summed E-state index contributed by atoms with van der Waals surface area (Å²) in [6.45, 7) is 0.198. The van der Waals surface area contributed by atoms with Crippen LogP contribution >= 0.6 is 11.6 Å². The van der Waals surface area contributed by atoms with E-state index in [1.165, 1.54) is 0 Å². The number of hydrogen-bond donors (Lipinski definition) is 2. The van der Waals surface area contributed by atoms with Gasteiger partial charge < -0.3 is 14.8 Å². The molecule has 5 heteroatoms. The highest BCUT2D eigenvalue weighted by molar-refractivity contribution is 6.62. The number of fused-ring (bicyclic) bond motifs is 1. The van der Waals surface area contributed by atoms with Crippen molar-refractivity contribution in [3.63, 3.8) is 0 Å². The van der Waals surface area contributed by atoms with Crippen molar-refractivity contribution in [3.8, 4) is 0 Å². The van der Waals surface area contributed by atoms with Gasteiger partial charge in [0.1, 0.15) is 0 Å². The van der Waals surface area contributed by atoms with Crippen molar-refractivity contribution in [2.45, 2.75) is 13.2 Å². The molecule has 0 aromatic heterocycles. The van der Waals surface area contributed by atoms with Gasteiger partial charge in [-0.3, -0.25) is 0 Å². The molecule has 0 spiro atoms. The molecule has 2 N–H and O–H groups in total. The lowest BCUT2D eigenvalue weighted by molar-refractivity contribution is 0.273. The van der Waals surface area contributed by atoms with Gasteiger partial charge >= 0.3 is 7.12 Å². The Morgan fingerprint density at radius 3 is 3.00 bits per heavy atom. The van der Waals surface area contributed by atoms with E-state index in [1.807, 2.05) is 0 Å². The number of benzene rings is 1. The topological polar surface area (TPSA) is 49.7 Å². The third-order valence-corrected chi connectivity index (χ3v) is 2.55. The molecule has 68 valence electrons. The Morgan fingerprint density at radius 2 is 2.31 bits per heavy atom. The van der Waals surface area contributed by atoms with Gasteiger partial charge in [0, 0.05) is 5.02 Å². The zero-order valence-electron chi connectivity index (χ0n) is 6.83. The van der Waals surface area contributed by atoms with E-state index in [4.69, 9.17) is 21.4 Å². The third-order valence-electron chi connectivity index (χ3n) is 2.19. The van der Waals surface area contributed by atoms with E-state index < -0.39 is 7.12 Å². The van der Waals surface area contributed by atoms with Crippen molar-refractivity contribution >= 4 is 24.2 Å². The van der Waals surface area contributed by atoms with E-state index in [9.17, 15) is 5.02 Å². The van der Waals surface area contributed by atoms with E-state index >= 15 is 0 Å². The highest BCUT2D eigenvalue weighted by atomic mass is 35.5. The summed E-state index contributed by atoms with van der Waals surface area (Å²) in [5.74, 6) is 0. The van der Waals surface area contributed by atoms with Crippen LogP contribution in [0.1, 0.15) is 11.1 Å². The molecule has 0 aliphatic carbocycles. The van der Waals surface area contributed by atoms with Crippen LogP contribution in [0.5, 0.6) is 0 Å². The second kappa shape index (κ2) is 3.31. The Kier molecular flexibility index (Phi) is 2.30. The Bertz CT molecular complexity index is 342. The molecule has 3 nitrogen and oxygen atoms in total. The maximum absolute atomic E-state index is 9.43.